The van der Waals surface area contributed by atoms with E-state index in [-0.39, 0.29) is 11.3 Å². The van der Waals surface area contributed by atoms with Gasteiger partial charge in [0.2, 0.25) is 0 Å². The Kier molecular flexibility index (Phi) is 2.75. The Bertz CT molecular complexity index is 82.1. The molecule has 2 N–H and O–H groups in total. The number of hydrogen-bond acceptors (Lipinski definition) is 3. The number of hydrogen-bond donors (Lipinski definition) is 2. The third-order valence-corrected chi connectivity index (χ3v) is 1.06. The van der Waals surface area contributed by atoms with Crippen LogP contribution in [0.3, 0.4) is 0 Å². The predicted molar refractivity (Wildman–Crippen MR) is 13.1 cm³/mol. The Labute approximate surface area is 43.2 Å². The molecule has 0 rings (SSSR count). The van der Waals surface area contributed by atoms with Gasteiger partial charge in [0.25, 0.3) is 0 Å². The monoisotopic (exact) mass is 148 g/mol. The van der Waals surface area contributed by atoms with E-state index >= 15 is 0 Å². The lowest BCUT2D eigenvalue weighted by Crippen LogP contribution is -2.01. The Morgan fingerprint density at radius 2 is 2.14 bits per heavy atom. The number of phosphoric acid groups is 1. The van der Waals surface area contributed by atoms with Crippen molar-refractivity contribution in [2.45, 2.75) is 0 Å². The van der Waals surface area contributed by atoms with Crippen molar-refractivity contribution in [3.8, 4) is 0 Å². The van der Waals surface area contributed by atoms with E-state index in [4.69, 9.17) is 14.4 Å². The molecule has 0 saturated carbocycles. The van der Waals surface area contributed by atoms with Crippen molar-refractivity contribution in [2.75, 3.05) is 0 Å². The van der Waals surface area contributed by atoms with Crippen LogP contribution in [0.25, 0.3) is 0 Å². The first-order chi connectivity index (χ1) is 3.06. The topological polar surface area (TPSA) is 89.8 Å². The van der Waals surface area contributed by atoms with Crippen LogP contribution in [0.5, 0.6) is 0 Å². The summed E-state index contributed by atoms with van der Waals surface area (Å²) in [6.07, 6.45) is 0. The predicted octanol–water partition coefficient (Wildman–Crippen LogP) is -1.63. The van der Waals surface area contributed by atoms with E-state index in [9.17, 15) is 4.57 Å². The molecule has 0 aliphatic heterocycles. The van der Waals surface area contributed by atoms with Gasteiger partial charge in [-0.2, -0.15) is 0 Å². The first kappa shape index (κ1) is 7.36. The first-order valence-electron chi connectivity index (χ1n) is 1.07. The second kappa shape index (κ2) is 2.61. The molecule has 0 aliphatic carbocycles. The van der Waals surface area contributed by atoms with Gasteiger partial charge in [-0.15, -0.1) is 0 Å². The molecule has 7 heteroatoms. The summed E-state index contributed by atoms with van der Waals surface area (Å²) in [5, 5.41) is 0. The van der Waals surface area contributed by atoms with Gasteiger partial charge in [0, 0.05) is 4.08 Å². The molecule has 0 atom stereocenters. The smallest absolute Gasteiger partial charge is 0.505 e. The van der Waals surface area contributed by atoms with Crippen LogP contribution in [0.1, 0.15) is 0 Å². The lowest BCUT2D eigenvalue weighted by Gasteiger charge is -1.87. The Hall–Kier alpha value is 0.360. The van der Waals surface area contributed by atoms with Crippen molar-refractivity contribution in [3.05, 3.63) is 0 Å². The van der Waals surface area contributed by atoms with Crippen molar-refractivity contribution in [2.24, 2.45) is 0 Å². The van der Waals surface area contributed by atoms with Crippen molar-refractivity contribution < 1.29 is 34.4 Å². The molecule has 0 unspecified atom stereocenters. The van der Waals surface area contributed by atoms with Gasteiger partial charge in [-0.1, -0.05) is 0 Å². The van der Waals surface area contributed by atoms with Gasteiger partial charge in [0.15, 0.2) is 0 Å². The lowest BCUT2D eigenvalue weighted by atomic mass is 15.8. The van der Waals surface area contributed by atoms with Crippen LogP contribution in [-0.2, 0) is 8.64 Å². The summed E-state index contributed by atoms with van der Waals surface area (Å²) < 4.78 is 21.8. The van der Waals surface area contributed by atoms with Crippen LogP contribution < -0.4 is 4.66 Å². The number of rotatable bonds is 2. The van der Waals surface area contributed by atoms with Crippen molar-refractivity contribution in [3.63, 3.8) is 0 Å². The van der Waals surface area contributed by atoms with Gasteiger partial charge in [-0.25, -0.2) is 4.57 Å². The van der Waals surface area contributed by atoms with Gasteiger partial charge in [-0.05, 0) is 0 Å². The van der Waals surface area contributed by atoms with Crippen LogP contribution in [-0.4, -0.2) is 9.79 Å². The van der Waals surface area contributed by atoms with E-state index < -0.39 is 7.82 Å². The molecule has 0 bridgehead atoms. The van der Waals surface area contributed by atoms with E-state index in [1.807, 2.05) is 0 Å². The molecule has 0 aromatic carbocycles. The van der Waals surface area contributed by atoms with Crippen molar-refractivity contribution >= 4 is 7.82 Å². The second-order valence-corrected chi connectivity index (χ2v) is 2.28. The summed E-state index contributed by atoms with van der Waals surface area (Å²) >= 11 is -0.205. The third-order valence-electron chi connectivity index (χ3n) is 0.118. The Morgan fingerprint density at radius 3 is 2.14 bits per heavy atom. The van der Waals surface area contributed by atoms with Crippen LogP contribution >= 0.6 is 7.82 Å². The van der Waals surface area contributed by atoms with Crippen LogP contribution in [0.4, 0.5) is 0 Å². The van der Waals surface area contributed by atoms with Crippen LogP contribution in [0, 0.1) is 11.3 Å². The maximum Gasteiger partial charge on any atom is 0.524 e. The Balaban J connectivity index is 3.36. The fourth-order valence-electron chi connectivity index (χ4n) is 0.0367. The molecule has 0 fully saturated rings. The summed E-state index contributed by atoms with van der Waals surface area (Å²) in [5.74, 6) is 0. The second-order valence-electron chi connectivity index (χ2n) is 0.623. The molecular weight excluding hydrogens is 146 g/mol. The summed E-state index contributed by atoms with van der Waals surface area (Å²) in [7, 11) is -4.54. The van der Waals surface area contributed by atoms with Gasteiger partial charge >= 0.3 is 19.1 Å². The molecule has 5 nitrogen and oxygen atoms in total. The molecule has 0 aromatic rings. The zero-order valence-corrected chi connectivity index (χ0v) is 4.59. The quantitative estimate of drug-likeness (QED) is 0.459. The van der Waals surface area contributed by atoms with Gasteiger partial charge in [0.1, 0.15) is 0 Å². The minimum absolute atomic E-state index is 0.205. The molecule has 44 valence electrons. The highest BCUT2D eigenvalue weighted by atomic mass is 35.6. The van der Waals surface area contributed by atoms with Crippen molar-refractivity contribution in [1.29, 1.82) is 0 Å². The maximum absolute atomic E-state index is 9.47. The van der Waals surface area contributed by atoms with Gasteiger partial charge in [-0.3, -0.25) is 9.79 Å². The standard InChI is InChI=1S/ClH2O5P/c2-1-6-7(3,4)5/h(H2,3,4,5). The van der Waals surface area contributed by atoms with E-state index in [0.29, 0.717) is 0 Å². The molecule has 0 heterocycles. The largest absolute Gasteiger partial charge is 0.524 e. The molecule has 0 aliphatic rings. The zero-order chi connectivity index (χ0) is 5.91. The lowest BCUT2D eigenvalue weighted by molar-refractivity contribution is -1.25. The van der Waals surface area contributed by atoms with E-state index in [2.05, 4.69) is 4.08 Å². The SMILES string of the molecule is O=P(O)(O)O[Cl+][O-]. The zero-order valence-electron chi connectivity index (χ0n) is 2.94. The van der Waals surface area contributed by atoms with Crippen LogP contribution in [0.2, 0.25) is 0 Å². The maximum atomic E-state index is 9.47. The average molecular weight is 148 g/mol. The molecule has 7 heavy (non-hydrogen) atoms. The van der Waals surface area contributed by atoms with E-state index in [1.54, 1.807) is 0 Å². The summed E-state index contributed by atoms with van der Waals surface area (Å²) in [6, 6.07) is 0. The Morgan fingerprint density at radius 1 is 1.71 bits per heavy atom. The fraction of sp³-hybridized carbons (Fsp3) is 0. The summed E-state index contributed by atoms with van der Waals surface area (Å²) in [6.45, 7) is 0. The fourth-order valence-corrected chi connectivity index (χ4v) is 0.330. The van der Waals surface area contributed by atoms with E-state index in [0.717, 1.165) is 0 Å². The minimum Gasteiger partial charge on any atom is -0.505 e. The average Bonchev–Trinajstić information content (AvgIpc) is 1.30. The third kappa shape index (κ3) is 6.36. The summed E-state index contributed by atoms with van der Waals surface area (Å²) in [4.78, 5) is 15.3. The van der Waals surface area contributed by atoms with Crippen LogP contribution in [0.15, 0.2) is 0 Å². The number of halogens is 1. The van der Waals surface area contributed by atoms with Gasteiger partial charge in [0.05, 0.1) is 0 Å². The normalized spacial score (nSPS) is 11.9. The first-order valence-corrected chi connectivity index (χ1v) is 3.22. The van der Waals surface area contributed by atoms with Gasteiger partial charge < -0.3 is 4.66 Å². The highest BCUT2D eigenvalue weighted by Gasteiger charge is 2.20. The highest BCUT2D eigenvalue weighted by molar-refractivity contribution is 7.46. The molecule has 0 radical (unpaired) electrons. The minimum atomic E-state index is -4.54. The highest BCUT2D eigenvalue weighted by Crippen LogP contribution is 2.35. The van der Waals surface area contributed by atoms with Crippen molar-refractivity contribution in [1.82, 2.24) is 0 Å². The van der Waals surface area contributed by atoms with E-state index in [1.165, 1.54) is 0 Å². The summed E-state index contributed by atoms with van der Waals surface area (Å²) in [5.41, 5.74) is 0. The molecule has 0 aromatic heterocycles. The molecule has 0 amide bonds. The molecule has 0 spiro atoms. The molecular formula is H2ClO5P. The molecule has 0 saturated heterocycles.